The lowest BCUT2D eigenvalue weighted by Gasteiger charge is -2.27. The van der Waals surface area contributed by atoms with Crippen LogP contribution in [0.2, 0.25) is 0 Å². The Bertz CT molecular complexity index is 231. The van der Waals surface area contributed by atoms with Gasteiger partial charge in [0.25, 0.3) is 0 Å². The molecule has 1 aliphatic rings. The number of carbonyl (C=O) groups is 1. The summed E-state index contributed by atoms with van der Waals surface area (Å²) < 4.78 is 11.2. The van der Waals surface area contributed by atoms with Gasteiger partial charge in [0.05, 0.1) is 19.3 Å². The monoisotopic (exact) mass is 243 g/mol. The Hall–Kier alpha value is -0.450. The van der Waals surface area contributed by atoms with Crippen LogP contribution >= 0.6 is 0 Å². The fraction of sp³-hybridized carbons (Fsp3) is 0.923. The number of nitrogens with zero attached hydrogens (tertiary/aromatic N) is 1. The first-order valence-corrected chi connectivity index (χ1v) is 6.52. The zero-order valence-electron chi connectivity index (χ0n) is 11.3. The van der Waals surface area contributed by atoms with E-state index in [1.807, 2.05) is 0 Å². The third-order valence-corrected chi connectivity index (χ3v) is 3.01. The van der Waals surface area contributed by atoms with Crippen LogP contribution in [0.4, 0.5) is 0 Å². The third kappa shape index (κ3) is 6.15. The average Bonchev–Trinajstić information content (AvgIpc) is 2.49. The number of ether oxygens (including phenoxy) is 2. The molecule has 1 aliphatic heterocycles. The van der Waals surface area contributed by atoms with Gasteiger partial charge >= 0.3 is 0 Å². The smallest absolute Gasteiger partial charge is 0.132 e. The molecular weight excluding hydrogens is 218 g/mol. The van der Waals surface area contributed by atoms with Gasteiger partial charge in [0.2, 0.25) is 0 Å². The Labute approximate surface area is 104 Å². The molecule has 4 heteroatoms. The molecule has 1 fully saturated rings. The van der Waals surface area contributed by atoms with E-state index in [0.29, 0.717) is 25.7 Å². The van der Waals surface area contributed by atoms with E-state index in [4.69, 9.17) is 9.47 Å². The van der Waals surface area contributed by atoms with Crippen LogP contribution in [0.1, 0.15) is 33.6 Å². The molecule has 0 N–H and O–H groups in total. The summed E-state index contributed by atoms with van der Waals surface area (Å²) >= 11 is 0. The van der Waals surface area contributed by atoms with Gasteiger partial charge in [0, 0.05) is 32.2 Å². The standard InChI is InChI=1S/C13H25NO3/c1-11(2)14-6-4-7-17-13(9-14)10-16-8-5-12(3)15/h11,13H,4-10H2,1-3H3. The molecule has 0 saturated carbocycles. The summed E-state index contributed by atoms with van der Waals surface area (Å²) in [5, 5.41) is 0. The number of Topliss-reactive ketones (excluding diaryl/α,β-unsaturated/α-hetero) is 1. The molecule has 0 spiro atoms. The van der Waals surface area contributed by atoms with Crippen LogP contribution in [0, 0.1) is 0 Å². The summed E-state index contributed by atoms with van der Waals surface area (Å²) in [6, 6.07) is 0.552. The van der Waals surface area contributed by atoms with E-state index in [0.717, 1.165) is 26.1 Å². The molecule has 4 nitrogen and oxygen atoms in total. The normalized spacial score (nSPS) is 22.7. The average molecular weight is 243 g/mol. The highest BCUT2D eigenvalue weighted by Gasteiger charge is 2.20. The topological polar surface area (TPSA) is 38.8 Å². The van der Waals surface area contributed by atoms with Crippen molar-refractivity contribution >= 4 is 5.78 Å². The van der Waals surface area contributed by atoms with Crippen molar-refractivity contribution in [2.24, 2.45) is 0 Å². The van der Waals surface area contributed by atoms with Gasteiger partial charge in [-0.25, -0.2) is 0 Å². The maximum absolute atomic E-state index is 10.8. The largest absolute Gasteiger partial charge is 0.378 e. The predicted molar refractivity (Wildman–Crippen MR) is 67.2 cm³/mol. The molecular formula is C13H25NO3. The zero-order chi connectivity index (χ0) is 12.7. The van der Waals surface area contributed by atoms with Crippen LogP contribution < -0.4 is 0 Å². The van der Waals surface area contributed by atoms with Gasteiger partial charge in [0.15, 0.2) is 0 Å². The van der Waals surface area contributed by atoms with E-state index in [1.165, 1.54) is 0 Å². The van der Waals surface area contributed by atoms with E-state index >= 15 is 0 Å². The SMILES string of the molecule is CC(=O)CCOCC1CN(C(C)C)CCCO1. The minimum absolute atomic E-state index is 0.145. The first kappa shape index (κ1) is 14.6. The van der Waals surface area contributed by atoms with Crippen molar-refractivity contribution in [2.45, 2.75) is 45.8 Å². The lowest BCUT2D eigenvalue weighted by Crippen LogP contribution is -2.38. The van der Waals surface area contributed by atoms with Crippen LogP contribution in [-0.2, 0) is 14.3 Å². The minimum Gasteiger partial charge on any atom is -0.378 e. The van der Waals surface area contributed by atoms with E-state index < -0.39 is 0 Å². The van der Waals surface area contributed by atoms with Gasteiger partial charge in [-0.05, 0) is 27.2 Å². The molecule has 1 saturated heterocycles. The van der Waals surface area contributed by atoms with Crippen molar-refractivity contribution in [3.8, 4) is 0 Å². The molecule has 0 radical (unpaired) electrons. The van der Waals surface area contributed by atoms with Gasteiger partial charge in [-0.2, -0.15) is 0 Å². The highest BCUT2D eigenvalue weighted by molar-refractivity contribution is 5.75. The zero-order valence-corrected chi connectivity index (χ0v) is 11.3. The van der Waals surface area contributed by atoms with Crippen LogP contribution in [0.25, 0.3) is 0 Å². The fourth-order valence-corrected chi connectivity index (χ4v) is 1.92. The number of carbonyl (C=O) groups excluding carboxylic acids is 1. The van der Waals surface area contributed by atoms with Crippen LogP contribution in [0.3, 0.4) is 0 Å². The lowest BCUT2D eigenvalue weighted by molar-refractivity contribution is -0.118. The van der Waals surface area contributed by atoms with Crippen LogP contribution in [-0.4, -0.2) is 55.7 Å². The highest BCUT2D eigenvalue weighted by atomic mass is 16.5. The summed E-state index contributed by atoms with van der Waals surface area (Å²) in [5.41, 5.74) is 0. The lowest BCUT2D eigenvalue weighted by atomic mass is 10.2. The minimum atomic E-state index is 0.145. The molecule has 100 valence electrons. The third-order valence-electron chi connectivity index (χ3n) is 3.01. The van der Waals surface area contributed by atoms with Gasteiger partial charge in [-0.15, -0.1) is 0 Å². The summed E-state index contributed by atoms with van der Waals surface area (Å²) in [7, 11) is 0. The Kier molecular flexibility index (Phi) is 6.70. The Balaban J connectivity index is 2.24. The maximum atomic E-state index is 10.8. The maximum Gasteiger partial charge on any atom is 0.132 e. The van der Waals surface area contributed by atoms with E-state index in [2.05, 4.69) is 18.7 Å². The van der Waals surface area contributed by atoms with Crippen LogP contribution in [0.5, 0.6) is 0 Å². The van der Waals surface area contributed by atoms with Gasteiger partial charge < -0.3 is 9.47 Å². The van der Waals surface area contributed by atoms with E-state index in [1.54, 1.807) is 6.92 Å². The number of ketones is 1. The fourth-order valence-electron chi connectivity index (χ4n) is 1.92. The molecule has 1 unspecified atom stereocenters. The quantitative estimate of drug-likeness (QED) is 0.662. The summed E-state index contributed by atoms with van der Waals surface area (Å²) in [6.45, 7) is 9.95. The van der Waals surface area contributed by atoms with Crippen molar-refractivity contribution in [3.63, 3.8) is 0 Å². The van der Waals surface area contributed by atoms with E-state index in [9.17, 15) is 4.79 Å². The molecule has 17 heavy (non-hydrogen) atoms. The number of hydrogen-bond acceptors (Lipinski definition) is 4. The highest BCUT2D eigenvalue weighted by Crippen LogP contribution is 2.09. The Morgan fingerprint density at radius 3 is 2.94 bits per heavy atom. The van der Waals surface area contributed by atoms with Crippen molar-refractivity contribution in [1.82, 2.24) is 4.90 Å². The van der Waals surface area contributed by atoms with Gasteiger partial charge in [-0.3, -0.25) is 9.69 Å². The Morgan fingerprint density at radius 1 is 1.53 bits per heavy atom. The number of rotatable bonds is 6. The summed E-state index contributed by atoms with van der Waals surface area (Å²) in [4.78, 5) is 13.2. The molecule has 0 amide bonds. The summed E-state index contributed by atoms with van der Waals surface area (Å²) in [6.07, 6.45) is 1.73. The molecule has 1 heterocycles. The molecule has 1 atom stereocenters. The predicted octanol–water partition coefficient (Wildman–Crippen LogP) is 1.48. The first-order valence-electron chi connectivity index (χ1n) is 6.52. The molecule has 1 rings (SSSR count). The molecule has 0 aliphatic carbocycles. The van der Waals surface area contributed by atoms with Crippen molar-refractivity contribution < 1.29 is 14.3 Å². The van der Waals surface area contributed by atoms with Crippen molar-refractivity contribution in [1.29, 1.82) is 0 Å². The summed E-state index contributed by atoms with van der Waals surface area (Å²) in [5.74, 6) is 0.176. The molecule has 0 aromatic carbocycles. The number of hydrogen-bond donors (Lipinski definition) is 0. The van der Waals surface area contributed by atoms with Crippen LogP contribution in [0.15, 0.2) is 0 Å². The van der Waals surface area contributed by atoms with E-state index in [-0.39, 0.29) is 11.9 Å². The molecule has 0 bridgehead atoms. The Morgan fingerprint density at radius 2 is 2.29 bits per heavy atom. The van der Waals surface area contributed by atoms with Crippen molar-refractivity contribution in [3.05, 3.63) is 0 Å². The molecule has 0 aromatic rings. The second-order valence-electron chi connectivity index (χ2n) is 4.96. The van der Waals surface area contributed by atoms with Crippen molar-refractivity contribution in [2.75, 3.05) is 32.9 Å². The molecule has 0 aromatic heterocycles. The van der Waals surface area contributed by atoms with Gasteiger partial charge in [0.1, 0.15) is 5.78 Å². The second kappa shape index (κ2) is 7.80. The second-order valence-corrected chi connectivity index (χ2v) is 4.96. The first-order chi connectivity index (χ1) is 8.09. The van der Waals surface area contributed by atoms with Gasteiger partial charge in [-0.1, -0.05) is 0 Å².